The van der Waals surface area contributed by atoms with Crippen molar-refractivity contribution in [3.8, 4) is 0 Å². The molecule has 1 unspecified atom stereocenters. The van der Waals surface area contributed by atoms with E-state index in [-0.39, 0.29) is 24.5 Å². The van der Waals surface area contributed by atoms with Crippen LogP contribution in [0.25, 0.3) is 0 Å². The summed E-state index contributed by atoms with van der Waals surface area (Å²) >= 11 is 0. The zero-order chi connectivity index (χ0) is 17.4. The van der Waals surface area contributed by atoms with Crippen molar-refractivity contribution < 1.29 is 14.0 Å². The molecule has 1 heterocycles. The molecule has 0 aliphatic carbocycles. The lowest BCUT2D eigenvalue weighted by atomic mass is 10.1. The first-order valence-electron chi connectivity index (χ1n) is 8.00. The molecular weight excluding hydrogens is 306 g/mol. The first kappa shape index (κ1) is 17.6. The molecule has 3 N–H and O–H groups in total. The standard InChI is InChI=1S/C18H23N3O3/c1-3-14-6-8-15(9-7-14)13(2)21-18(23)20-12-17(22)19-11-16-5-4-10-24-16/h4-10,13H,3,11-12H2,1-2H3,(H,19,22)(H2,20,21,23). The van der Waals surface area contributed by atoms with Gasteiger partial charge in [-0.25, -0.2) is 4.79 Å². The molecule has 0 saturated carbocycles. The third-order valence-electron chi connectivity index (χ3n) is 3.68. The van der Waals surface area contributed by atoms with Gasteiger partial charge in [0.05, 0.1) is 25.4 Å². The van der Waals surface area contributed by atoms with Crippen LogP contribution in [0.15, 0.2) is 47.1 Å². The Balaban J connectivity index is 1.70. The molecular formula is C18H23N3O3. The van der Waals surface area contributed by atoms with E-state index in [4.69, 9.17) is 4.42 Å². The Hall–Kier alpha value is -2.76. The summed E-state index contributed by atoms with van der Waals surface area (Å²) in [6.07, 6.45) is 2.53. The Kier molecular flexibility index (Phi) is 6.42. The molecule has 2 aromatic rings. The lowest BCUT2D eigenvalue weighted by Crippen LogP contribution is -2.42. The second-order valence-electron chi connectivity index (χ2n) is 5.50. The van der Waals surface area contributed by atoms with E-state index in [0.29, 0.717) is 12.3 Å². The molecule has 1 atom stereocenters. The quantitative estimate of drug-likeness (QED) is 0.730. The van der Waals surface area contributed by atoms with Crippen LogP contribution >= 0.6 is 0 Å². The smallest absolute Gasteiger partial charge is 0.315 e. The predicted octanol–water partition coefficient (Wildman–Crippen LogP) is 2.52. The van der Waals surface area contributed by atoms with E-state index < -0.39 is 0 Å². The van der Waals surface area contributed by atoms with Gasteiger partial charge in [0.15, 0.2) is 0 Å². The van der Waals surface area contributed by atoms with Gasteiger partial charge in [0.1, 0.15) is 5.76 Å². The van der Waals surface area contributed by atoms with Crippen molar-refractivity contribution in [3.05, 3.63) is 59.5 Å². The normalized spacial score (nSPS) is 11.6. The molecule has 6 heteroatoms. The van der Waals surface area contributed by atoms with E-state index >= 15 is 0 Å². The molecule has 0 bridgehead atoms. The Bertz CT molecular complexity index is 651. The maximum absolute atomic E-state index is 11.9. The number of rotatable bonds is 7. The van der Waals surface area contributed by atoms with Crippen molar-refractivity contribution >= 4 is 11.9 Å². The van der Waals surface area contributed by atoms with Crippen molar-refractivity contribution in [1.82, 2.24) is 16.0 Å². The number of amides is 3. The molecule has 24 heavy (non-hydrogen) atoms. The lowest BCUT2D eigenvalue weighted by molar-refractivity contribution is -0.120. The highest BCUT2D eigenvalue weighted by atomic mass is 16.3. The summed E-state index contributed by atoms with van der Waals surface area (Å²) in [6, 6.07) is 11.1. The Morgan fingerprint density at radius 2 is 1.88 bits per heavy atom. The Labute approximate surface area is 141 Å². The van der Waals surface area contributed by atoms with E-state index in [1.807, 2.05) is 31.2 Å². The lowest BCUT2D eigenvalue weighted by Gasteiger charge is -2.15. The van der Waals surface area contributed by atoms with Gasteiger partial charge in [0.2, 0.25) is 5.91 Å². The minimum absolute atomic E-state index is 0.0893. The van der Waals surface area contributed by atoms with Crippen LogP contribution in [0.3, 0.4) is 0 Å². The topological polar surface area (TPSA) is 83.4 Å². The van der Waals surface area contributed by atoms with Crippen molar-refractivity contribution in [2.45, 2.75) is 32.9 Å². The maximum Gasteiger partial charge on any atom is 0.315 e. The van der Waals surface area contributed by atoms with Gasteiger partial charge < -0.3 is 20.4 Å². The summed E-state index contributed by atoms with van der Waals surface area (Å²) in [7, 11) is 0. The van der Waals surface area contributed by atoms with Crippen LogP contribution in [0, 0.1) is 0 Å². The van der Waals surface area contributed by atoms with Gasteiger partial charge in [0.25, 0.3) is 0 Å². The van der Waals surface area contributed by atoms with Crippen LogP contribution in [-0.2, 0) is 17.8 Å². The third-order valence-corrected chi connectivity index (χ3v) is 3.68. The average molecular weight is 329 g/mol. The van der Waals surface area contributed by atoms with E-state index in [2.05, 4.69) is 22.9 Å². The van der Waals surface area contributed by atoms with Crippen LogP contribution in [0.5, 0.6) is 0 Å². The average Bonchev–Trinajstić information content (AvgIpc) is 3.11. The van der Waals surface area contributed by atoms with Gasteiger partial charge in [-0.05, 0) is 36.6 Å². The highest BCUT2D eigenvalue weighted by molar-refractivity contribution is 5.83. The largest absolute Gasteiger partial charge is 0.467 e. The number of furan rings is 1. The summed E-state index contributed by atoms with van der Waals surface area (Å²) in [4.78, 5) is 23.5. The van der Waals surface area contributed by atoms with E-state index in [1.54, 1.807) is 18.4 Å². The zero-order valence-corrected chi connectivity index (χ0v) is 14.0. The molecule has 0 spiro atoms. The van der Waals surface area contributed by atoms with E-state index in [1.165, 1.54) is 5.56 Å². The van der Waals surface area contributed by atoms with Crippen LogP contribution in [0.4, 0.5) is 4.79 Å². The van der Waals surface area contributed by atoms with Gasteiger partial charge in [-0.3, -0.25) is 4.79 Å². The van der Waals surface area contributed by atoms with Gasteiger partial charge in [0, 0.05) is 0 Å². The number of carbonyl (C=O) groups is 2. The number of carbonyl (C=O) groups excluding carboxylic acids is 2. The molecule has 6 nitrogen and oxygen atoms in total. The van der Waals surface area contributed by atoms with Crippen molar-refractivity contribution in [3.63, 3.8) is 0 Å². The SMILES string of the molecule is CCc1ccc(C(C)NC(=O)NCC(=O)NCc2ccco2)cc1. The number of hydrogen-bond acceptors (Lipinski definition) is 3. The van der Waals surface area contributed by atoms with Crippen LogP contribution in [0.1, 0.15) is 36.8 Å². The maximum atomic E-state index is 11.9. The molecule has 2 rings (SSSR count). The minimum atomic E-state index is -0.379. The van der Waals surface area contributed by atoms with Crippen LogP contribution in [-0.4, -0.2) is 18.5 Å². The van der Waals surface area contributed by atoms with Crippen molar-refractivity contribution in [2.75, 3.05) is 6.54 Å². The monoisotopic (exact) mass is 329 g/mol. The fourth-order valence-corrected chi connectivity index (χ4v) is 2.19. The van der Waals surface area contributed by atoms with E-state index in [9.17, 15) is 9.59 Å². The second-order valence-corrected chi connectivity index (χ2v) is 5.50. The molecule has 0 fully saturated rings. The van der Waals surface area contributed by atoms with Crippen molar-refractivity contribution in [1.29, 1.82) is 0 Å². The molecule has 0 radical (unpaired) electrons. The molecule has 0 aliphatic rings. The first-order chi connectivity index (χ1) is 11.6. The molecule has 0 saturated heterocycles. The highest BCUT2D eigenvalue weighted by Crippen LogP contribution is 2.13. The predicted molar refractivity (Wildman–Crippen MR) is 91.3 cm³/mol. The van der Waals surface area contributed by atoms with Gasteiger partial charge in [-0.2, -0.15) is 0 Å². The summed E-state index contributed by atoms with van der Waals surface area (Å²) in [5.41, 5.74) is 2.27. The minimum Gasteiger partial charge on any atom is -0.467 e. The van der Waals surface area contributed by atoms with Gasteiger partial charge in [-0.15, -0.1) is 0 Å². The van der Waals surface area contributed by atoms with Crippen LogP contribution in [0.2, 0.25) is 0 Å². The molecule has 1 aromatic carbocycles. The number of benzene rings is 1. The van der Waals surface area contributed by atoms with Gasteiger partial charge >= 0.3 is 6.03 Å². The Morgan fingerprint density at radius 3 is 2.50 bits per heavy atom. The fraction of sp³-hybridized carbons (Fsp3) is 0.333. The highest BCUT2D eigenvalue weighted by Gasteiger charge is 2.10. The Morgan fingerprint density at radius 1 is 1.12 bits per heavy atom. The molecule has 128 valence electrons. The number of nitrogens with one attached hydrogen (secondary N) is 3. The first-order valence-corrected chi connectivity index (χ1v) is 8.00. The molecule has 1 aromatic heterocycles. The third kappa shape index (κ3) is 5.46. The summed E-state index contributed by atoms with van der Waals surface area (Å²) < 4.78 is 5.11. The molecule has 3 amide bonds. The van der Waals surface area contributed by atoms with Crippen LogP contribution < -0.4 is 16.0 Å². The summed E-state index contributed by atoms with van der Waals surface area (Å²) in [5, 5.41) is 8.02. The second kappa shape index (κ2) is 8.76. The molecule has 0 aliphatic heterocycles. The summed E-state index contributed by atoms with van der Waals surface area (Å²) in [5.74, 6) is 0.387. The number of urea groups is 1. The fourth-order valence-electron chi connectivity index (χ4n) is 2.19. The number of hydrogen-bond donors (Lipinski definition) is 3. The van der Waals surface area contributed by atoms with E-state index in [0.717, 1.165) is 12.0 Å². The van der Waals surface area contributed by atoms with Crippen molar-refractivity contribution in [2.24, 2.45) is 0 Å². The summed E-state index contributed by atoms with van der Waals surface area (Å²) in [6.45, 7) is 4.21. The zero-order valence-electron chi connectivity index (χ0n) is 14.0. The number of aryl methyl sites for hydroxylation is 1. The van der Waals surface area contributed by atoms with Gasteiger partial charge in [-0.1, -0.05) is 31.2 Å².